The highest BCUT2D eigenvalue weighted by molar-refractivity contribution is 5.95. The summed E-state index contributed by atoms with van der Waals surface area (Å²) in [6.45, 7) is 13.8. The van der Waals surface area contributed by atoms with Crippen molar-refractivity contribution in [3.63, 3.8) is 0 Å². The number of carbonyl (C=O) groups excluding carboxylic acids is 1. The molecule has 0 aromatic heterocycles. The first-order chi connectivity index (χ1) is 19.0. The lowest BCUT2D eigenvalue weighted by atomic mass is 9.91. The third-order valence-electron chi connectivity index (χ3n) is 5.96. The van der Waals surface area contributed by atoms with E-state index < -0.39 is 0 Å². The second-order valence-corrected chi connectivity index (χ2v) is 8.44. The van der Waals surface area contributed by atoms with Gasteiger partial charge in [-0.1, -0.05) is 83.9 Å². The van der Waals surface area contributed by atoms with Gasteiger partial charge in [-0.05, 0) is 42.2 Å². The Balaban J connectivity index is 0.00000162. The average molecular weight is 537 g/mol. The maximum absolute atomic E-state index is 12.5. The molecule has 39 heavy (non-hydrogen) atoms. The number of allylic oxidation sites excluding steroid dienone is 1. The minimum atomic E-state index is -0.189. The van der Waals surface area contributed by atoms with Crippen molar-refractivity contribution in [1.82, 2.24) is 4.90 Å². The topological polar surface area (TPSA) is 71.4 Å². The van der Waals surface area contributed by atoms with E-state index in [0.717, 1.165) is 17.5 Å². The molecule has 0 aliphatic carbocycles. The number of aliphatic hydroxyl groups excluding tert-OH is 1. The van der Waals surface area contributed by atoms with Gasteiger partial charge in [-0.25, -0.2) is 0 Å². The molecule has 0 spiro atoms. The maximum atomic E-state index is 12.5. The van der Waals surface area contributed by atoms with Gasteiger partial charge in [0.1, 0.15) is 12.3 Å². The number of nitrogens with zero attached hydrogens (tertiary/aromatic N) is 2. The Hall–Kier alpha value is -3.56. The molecular weight excluding hydrogens is 488 g/mol. The molecule has 1 aliphatic heterocycles. The van der Waals surface area contributed by atoms with Crippen LogP contribution in [0, 0.1) is 12.8 Å². The summed E-state index contributed by atoms with van der Waals surface area (Å²) in [5.74, 6) is 1.51. The lowest BCUT2D eigenvalue weighted by Crippen LogP contribution is -2.48. The molecule has 1 aliphatic rings. The quantitative estimate of drug-likeness (QED) is 0.206. The Bertz CT molecular complexity index is 1020. The van der Waals surface area contributed by atoms with Gasteiger partial charge in [-0.15, -0.1) is 12.8 Å². The molecule has 6 nitrogen and oxygen atoms in total. The van der Waals surface area contributed by atoms with E-state index in [1.54, 1.807) is 25.0 Å². The number of hydrogen-bond acceptors (Lipinski definition) is 5. The van der Waals surface area contributed by atoms with Crippen LogP contribution < -0.4 is 9.47 Å². The van der Waals surface area contributed by atoms with Crippen LogP contribution in [0.1, 0.15) is 77.0 Å². The predicted octanol–water partition coefficient (Wildman–Crippen LogP) is 6.81. The molecule has 2 aromatic rings. The lowest BCUT2D eigenvalue weighted by molar-refractivity contribution is -0.131. The minimum absolute atomic E-state index is 0.121. The van der Waals surface area contributed by atoms with Crippen LogP contribution in [0.15, 0.2) is 59.2 Å². The Morgan fingerprint density at radius 1 is 1.03 bits per heavy atom. The molecule has 0 saturated carbocycles. The standard InChI is InChI=1S/C25H30N2O4.C4H10.C2H6.C2H2/c1-4-18-6-8-19(9-7-18)17-31-23-11-10-20(14-24(23)30-3)21-15-27(16-21)25(29)22(5-2)26-12-13-28;1-3-4-2;2*1-2/h5-12,14,21,28H,4,13,15-17H2,1-3H3;3-4H2,1-2H3;1-2H3;1-2H/b22-5-,26-12?;;;. The van der Waals surface area contributed by atoms with Crippen LogP contribution in [0.5, 0.6) is 11.5 Å². The number of ether oxygens (including phenoxy) is 2. The van der Waals surface area contributed by atoms with Crippen LogP contribution in [-0.4, -0.2) is 48.9 Å². The van der Waals surface area contributed by atoms with Gasteiger partial charge in [0.25, 0.3) is 5.91 Å². The first kappa shape index (κ1) is 35.4. The number of aliphatic imine (C=N–C) groups is 1. The maximum Gasteiger partial charge on any atom is 0.272 e. The zero-order valence-corrected chi connectivity index (χ0v) is 24.9. The SMILES string of the molecule is C#C.C/C=C(\N=CCO)C(=O)N1CC(c2ccc(OCc3ccc(CC)cc3)c(OC)c2)C1.CC.CCCC. The van der Waals surface area contributed by atoms with Gasteiger partial charge in [-0.3, -0.25) is 9.79 Å². The molecule has 6 heteroatoms. The molecular formula is C33H48N2O4. The summed E-state index contributed by atoms with van der Waals surface area (Å²) >= 11 is 0. The van der Waals surface area contributed by atoms with Gasteiger partial charge in [0.05, 0.1) is 13.7 Å². The van der Waals surface area contributed by atoms with E-state index in [1.807, 2.05) is 32.0 Å². The van der Waals surface area contributed by atoms with Crippen molar-refractivity contribution in [1.29, 1.82) is 0 Å². The fraction of sp³-hybridized carbons (Fsp3) is 0.455. The van der Waals surface area contributed by atoms with Gasteiger partial charge in [0.15, 0.2) is 11.5 Å². The number of likely N-dealkylation sites (tertiary alicyclic amines) is 1. The van der Waals surface area contributed by atoms with Crippen LogP contribution in [0.25, 0.3) is 0 Å². The lowest BCUT2D eigenvalue weighted by Gasteiger charge is -2.39. The summed E-state index contributed by atoms with van der Waals surface area (Å²) in [4.78, 5) is 18.3. The first-order valence-electron chi connectivity index (χ1n) is 13.8. The molecule has 214 valence electrons. The van der Waals surface area contributed by atoms with E-state index in [4.69, 9.17) is 14.6 Å². The molecule has 1 saturated heterocycles. The summed E-state index contributed by atoms with van der Waals surface area (Å²) in [5.41, 5.74) is 3.88. The van der Waals surface area contributed by atoms with Crippen molar-refractivity contribution < 1.29 is 19.4 Å². The van der Waals surface area contributed by atoms with E-state index in [1.165, 1.54) is 24.6 Å². The van der Waals surface area contributed by atoms with Crippen LogP contribution >= 0.6 is 0 Å². The van der Waals surface area contributed by atoms with Crippen LogP contribution in [0.4, 0.5) is 0 Å². The molecule has 3 rings (SSSR count). The monoisotopic (exact) mass is 536 g/mol. The van der Waals surface area contributed by atoms with Gasteiger partial charge in [-0.2, -0.15) is 0 Å². The summed E-state index contributed by atoms with van der Waals surface area (Å²) in [5, 5.41) is 8.87. The van der Waals surface area contributed by atoms with Gasteiger partial charge in [0.2, 0.25) is 0 Å². The zero-order chi connectivity index (χ0) is 29.6. The Labute approximate surface area is 236 Å². The number of methoxy groups -OCH3 is 1. The van der Waals surface area contributed by atoms with Crippen LogP contribution in [0.3, 0.4) is 0 Å². The normalized spacial score (nSPS) is 12.6. The molecule has 0 unspecified atom stereocenters. The fourth-order valence-electron chi connectivity index (χ4n) is 3.50. The summed E-state index contributed by atoms with van der Waals surface area (Å²) in [6, 6.07) is 14.4. The van der Waals surface area contributed by atoms with E-state index in [0.29, 0.717) is 36.9 Å². The highest BCUT2D eigenvalue weighted by Crippen LogP contribution is 2.35. The van der Waals surface area contributed by atoms with E-state index in [2.05, 4.69) is 62.9 Å². The molecule has 1 amide bonds. The Morgan fingerprint density at radius 2 is 1.62 bits per heavy atom. The van der Waals surface area contributed by atoms with Gasteiger partial charge in [0, 0.05) is 25.2 Å². The molecule has 1 heterocycles. The number of unbranched alkanes of at least 4 members (excludes halogenated alkanes) is 1. The third kappa shape index (κ3) is 11.8. The molecule has 0 bridgehead atoms. The van der Waals surface area contributed by atoms with Crippen molar-refractivity contribution in [2.75, 3.05) is 26.8 Å². The minimum Gasteiger partial charge on any atom is -0.493 e. The molecule has 0 atom stereocenters. The van der Waals surface area contributed by atoms with Crippen LogP contribution in [0.2, 0.25) is 0 Å². The molecule has 1 fully saturated rings. The number of aliphatic hydroxyl groups is 1. The largest absolute Gasteiger partial charge is 0.493 e. The number of hydrogen-bond donors (Lipinski definition) is 1. The average Bonchev–Trinajstić information content (AvgIpc) is 2.98. The van der Waals surface area contributed by atoms with Gasteiger partial charge >= 0.3 is 0 Å². The van der Waals surface area contributed by atoms with E-state index in [9.17, 15) is 4.79 Å². The Kier molecular flexibility index (Phi) is 19.4. The number of rotatable bonds is 10. The highest BCUT2D eigenvalue weighted by Gasteiger charge is 2.33. The summed E-state index contributed by atoms with van der Waals surface area (Å²) < 4.78 is 11.5. The van der Waals surface area contributed by atoms with Crippen molar-refractivity contribution in [3.05, 3.63) is 70.9 Å². The number of benzene rings is 2. The first-order valence-corrected chi connectivity index (χ1v) is 13.8. The number of amides is 1. The second kappa shape index (κ2) is 21.4. The zero-order valence-electron chi connectivity index (χ0n) is 24.9. The van der Waals surface area contributed by atoms with Crippen molar-refractivity contribution >= 4 is 12.1 Å². The third-order valence-corrected chi connectivity index (χ3v) is 5.96. The Morgan fingerprint density at radius 3 is 2.10 bits per heavy atom. The number of carbonyl (C=O) groups is 1. The van der Waals surface area contributed by atoms with Crippen molar-refractivity contribution in [3.8, 4) is 24.3 Å². The van der Waals surface area contributed by atoms with Crippen molar-refractivity contribution in [2.45, 2.75) is 73.3 Å². The number of terminal acetylenes is 1. The smallest absolute Gasteiger partial charge is 0.272 e. The predicted molar refractivity (Wildman–Crippen MR) is 164 cm³/mol. The molecule has 1 N–H and O–H groups in total. The molecule has 2 aromatic carbocycles. The molecule has 0 radical (unpaired) electrons. The van der Waals surface area contributed by atoms with E-state index >= 15 is 0 Å². The summed E-state index contributed by atoms with van der Waals surface area (Å²) in [7, 11) is 1.64. The van der Waals surface area contributed by atoms with Crippen LogP contribution in [-0.2, 0) is 17.8 Å². The number of aryl methyl sites for hydroxylation is 1. The fourth-order valence-corrected chi connectivity index (χ4v) is 3.50. The highest BCUT2D eigenvalue weighted by atomic mass is 16.5. The van der Waals surface area contributed by atoms with E-state index in [-0.39, 0.29) is 18.4 Å². The summed E-state index contributed by atoms with van der Waals surface area (Å²) in [6.07, 6.45) is 14.6. The van der Waals surface area contributed by atoms with Gasteiger partial charge < -0.3 is 19.5 Å². The van der Waals surface area contributed by atoms with Crippen molar-refractivity contribution in [2.24, 2.45) is 4.99 Å². The second-order valence-electron chi connectivity index (χ2n) is 8.44.